The summed E-state index contributed by atoms with van der Waals surface area (Å²) in [6.45, 7) is 0.517. The van der Waals surface area contributed by atoms with Gasteiger partial charge in [0.05, 0.1) is 16.9 Å². The Morgan fingerprint density at radius 3 is 3.12 bits per heavy atom. The number of fused-ring (bicyclic) bond motifs is 1. The number of aromatic nitrogens is 4. The molecule has 2 heterocycles. The van der Waals surface area contributed by atoms with Gasteiger partial charge in [-0.05, 0) is 29.7 Å². The zero-order chi connectivity index (χ0) is 11.0. The van der Waals surface area contributed by atoms with E-state index in [1.807, 2.05) is 0 Å². The molecular weight excluding hydrogens is 227 g/mol. The molecule has 0 saturated heterocycles. The fraction of sp³-hybridized carbons (Fsp3) is 0.100. The average Bonchev–Trinajstić information content (AvgIpc) is 2.90. The van der Waals surface area contributed by atoms with Gasteiger partial charge in [0.15, 0.2) is 0 Å². The van der Waals surface area contributed by atoms with E-state index in [-0.39, 0.29) is 5.82 Å². The van der Waals surface area contributed by atoms with Crippen LogP contribution < -0.4 is 0 Å². The van der Waals surface area contributed by atoms with Crippen molar-refractivity contribution >= 4 is 21.6 Å². The quantitative estimate of drug-likeness (QED) is 0.681. The lowest BCUT2D eigenvalue weighted by Crippen LogP contribution is -2.00. The van der Waals surface area contributed by atoms with Crippen molar-refractivity contribution < 1.29 is 4.39 Å². The second kappa shape index (κ2) is 3.64. The lowest BCUT2D eigenvalue weighted by atomic mass is 10.2. The van der Waals surface area contributed by atoms with Crippen LogP contribution in [-0.4, -0.2) is 19.1 Å². The Morgan fingerprint density at radius 1 is 1.38 bits per heavy atom. The van der Waals surface area contributed by atoms with Gasteiger partial charge in [0, 0.05) is 5.39 Å². The summed E-state index contributed by atoms with van der Waals surface area (Å²) in [6.07, 6.45) is 3.08. The summed E-state index contributed by atoms with van der Waals surface area (Å²) in [5.74, 6) is -0.243. The van der Waals surface area contributed by atoms with E-state index in [0.717, 1.165) is 15.8 Å². The Bertz CT molecular complexity index is 617. The standard InChI is InChI=1S/C10H7FN4S/c11-7-1-2-10-8(3-7)9(14-16-10)4-15-6-12-5-13-15/h1-3,5-6H,4H2. The van der Waals surface area contributed by atoms with Crippen LogP contribution in [0.1, 0.15) is 5.69 Å². The summed E-state index contributed by atoms with van der Waals surface area (Å²) in [4.78, 5) is 3.85. The van der Waals surface area contributed by atoms with Crippen LogP contribution in [0.4, 0.5) is 4.39 Å². The number of nitrogens with zero attached hydrogens (tertiary/aromatic N) is 4. The van der Waals surface area contributed by atoms with Gasteiger partial charge in [-0.15, -0.1) is 0 Å². The molecule has 1 aromatic carbocycles. The first-order valence-corrected chi connectivity index (χ1v) is 5.46. The summed E-state index contributed by atoms with van der Waals surface area (Å²) in [5.41, 5.74) is 0.824. The van der Waals surface area contributed by atoms with Gasteiger partial charge < -0.3 is 0 Å². The first-order chi connectivity index (χ1) is 7.83. The Hall–Kier alpha value is -1.82. The fourth-order valence-electron chi connectivity index (χ4n) is 1.54. The Kier molecular flexibility index (Phi) is 2.14. The molecule has 0 fully saturated rings. The molecule has 0 saturated carbocycles. The van der Waals surface area contributed by atoms with E-state index in [1.165, 1.54) is 30.0 Å². The van der Waals surface area contributed by atoms with Gasteiger partial charge in [0.25, 0.3) is 0 Å². The minimum Gasteiger partial charge on any atom is -0.247 e. The molecule has 16 heavy (non-hydrogen) atoms. The molecule has 6 heteroatoms. The van der Waals surface area contributed by atoms with E-state index in [2.05, 4.69) is 14.5 Å². The monoisotopic (exact) mass is 234 g/mol. The van der Waals surface area contributed by atoms with Gasteiger partial charge >= 0.3 is 0 Å². The van der Waals surface area contributed by atoms with Crippen molar-refractivity contribution in [2.45, 2.75) is 6.54 Å². The summed E-state index contributed by atoms with van der Waals surface area (Å²) in [7, 11) is 0. The maximum Gasteiger partial charge on any atom is 0.137 e. The van der Waals surface area contributed by atoms with Crippen LogP contribution >= 0.6 is 11.5 Å². The normalized spacial score (nSPS) is 11.1. The third-order valence-corrected chi connectivity index (χ3v) is 3.15. The lowest BCUT2D eigenvalue weighted by Gasteiger charge is -1.97. The maximum atomic E-state index is 13.1. The molecule has 2 aromatic heterocycles. The molecule has 0 spiro atoms. The first kappa shape index (κ1) is 9.41. The van der Waals surface area contributed by atoms with Crippen LogP contribution in [0.5, 0.6) is 0 Å². The highest BCUT2D eigenvalue weighted by molar-refractivity contribution is 7.13. The zero-order valence-corrected chi connectivity index (χ0v) is 8.99. The third kappa shape index (κ3) is 1.57. The van der Waals surface area contributed by atoms with Crippen molar-refractivity contribution in [1.29, 1.82) is 0 Å². The van der Waals surface area contributed by atoms with Crippen LogP contribution in [0.3, 0.4) is 0 Å². The van der Waals surface area contributed by atoms with E-state index < -0.39 is 0 Å². The number of halogens is 1. The zero-order valence-electron chi connectivity index (χ0n) is 8.17. The summed E-state index contributed by atoms with van der Waals surface area (Å²) in [5, 5.41) is 4.84. The highest BCUT2D eigenvalue weighted by atomic mass is 32.1. The molecular formula is C10H7FN4S. The predicted molar refractivity (Wildman–Crippen MR) is 58.7 cm³/mol. The molecule has 0 N–H and O–H groups in total. The minimum atomic E-state index is -0.243. The molecule has 3 rings (SSSR count). The van der Waals surface area contributed by atoms with Gasteiger partial charge in [-0.2, -0.15) is 9.47 Å². The molecule has 0 aliphatic carbocycles. The second-order valence-electron chi connectivity index (χ2n) is 3.36. The smallest absolute Gasteiger partial charge is 0.137 e. The van der Waals surface area contributed by atoms with Gasteiger partial charge in [-0.1, -0.05) is 0 Å². The molecule has 0 amide bonds. The first-order valence-electron chi connectivity index (χ1n) is 4.69. The van der Waals surface area contributed by atoms with Gasteiger partial charge in [-0.25, -0.2) is 14.1 Å². The van der Waals surface area contributed by atoms with Gasteiger partial charge in [0.2, 0.25) is 0 Å². The number of rotatable bonds is 2. The molecule has 3 aromatic rings. The van der Waals surface area contributed by atoms with E-state index in [0.29, 0.717) is 6.54 Å². The number of hydrogen-bond donors (Lipinski definition) is 0. The molecule has 0 aliphatic heterocycles. The summed E-state index contributed by atoms with van der Waals surface area (Å²) < 4.78 is 20.1. The highest BCUT2D eigenvalue weighted by Gasteiger charge is 2.07. The topological polar surface area (TPSA) is 43.6 Å². The van der Waals surface area contributed by atoms with Gasteiger partial charge in [-0.3, -0.25) is 0 Å². The lowest BCUT2D eigenvalue weighted by molar-refractivity contribution is 0.629. The average molecular weight is 234 g/mol. The highest BCUT2D eigenvalue weighted by Crippen LogP contribution is 2.23. The van der Waals surface area contributed by atoms with E-state index >= 15 is 0 Å². The van der Waals surface area contributed by atoms with Crippen molar-refractivity contribution in [1.82, 2.24) is 19.1 Å². The Balaban J connectivity index is 2.07. The van der Waals surface area contributed by atoms with Crippen LogP contribution in [0.15, 0.2) is 30.9 Å². The van der Waals surface area contributed by atoms with Crippen molar-refractivity contribution in [3.05, 3.63) is 42.4 Å². The molecule has 0 aliphatic rings. The largest absolute Gasteiger partial charge is 0.247 e. The fourth-order valence-corrected chi connectivity index (χ4v) is 2.31. The van der Waals surface area contributed by atoms with Crippen molar-refractivity contribution in [3.63, 3.8) is 0 Å². The van der Waals surface area contributed by atoms with Crippen LogP contribution in [-0.2, 0) is 6.54 Å². The molecule has 80 valence electrons. The number of benzene rings is 1. The summed E-state index contributed by atoms with van der Waals surface area (Å²) in [6, 6.07) is 4.69. The van der Waals surface area contributed by atoms with Crippen molar-refractivity contribution in [2.75, 3.05) is 0 Å². The molecule has 0 bridgehead atoms. The van der Waals surface area contributed by atoms with E-state index in [4.69, 9.17) is 0 Å². The Labute approximate surface area is 94.5 Å². The molecule has 0 atom stereocenters. The second-order valence-corrected chi connectivity index (χ2v) is 4.17. The third-order valence-electron chi connectivity index (χ3n) is 2.29. The van der Waals surface area contributed by atoms with Crippen LogP contribution in [0.2, 0.25) is 0 Å². The van der Waals surface area contributed by atoms with Crippen molar-refractivity contribution in [3.8, 4) is 0 Å². The molecule has 4 nitrogen and oxygen atoms in total. The molecule has 0 unspecified atom stereocenters. The Morgan fingerprint density at radius 2 is 2.31 bits per heavy atom. The SMILES string of the molecule is Fc1ccc2snc(Cn3cncn3)c2c1. The van der Waals surface area contributed by atoms with Crippen LogP contribution in [0, 0.1) is 5.82 Å². The molecule has 0 radical (unpaired) electrons. The minimum absolute atomic E-state index is 0.243. The number of hydrogen-bond acceptors (Lipinski definition) is 4. The summed E-state index contributed by atoms with van der Waals surface area (Å²) >= 11 is 1.37. The van der Waals surface area contributed by atoms with Crippen molar-refractivity contribution in [2.24, 2.45) is 0 Å². The van der Waals surface area contributed by atoms with Crippen LogP contribution in [0.25, 0.3) is 10.1 Å². The predicted octanol–water partition coefficient (Wildman–Crippen LogP) is 2.08. The van der Waals surface area contributed by atoms with E-state index in [9.17, 15) is 4.39 Å². The maximum absolute atomic E-state index is 13.1. The van der Waals surface area contributed by atoms with E-state index in [1.54, 1.807) is 17.1 Å². The van der Waals surface area contributed by atoms with Gasteiger partial charge in [0.1, 0.15) is 18.5 Å².